The van der Waals surface area contributed by atoms with E-state index in [4.69, 9.17) is 5.73 Å². The number of aryl methyl sites for hydroxylation is 1. The topological polar surface area (TPSA) is 72.9 Å². The van der Waals surface area contributed by atoms with Crippen molar-refractivity contribution in [2.24, 2.45) is 11.7 Å². The van der Waals surface area contributed by atoms with E-state index >= 15 is 0 Å². The lowest BCUT2D eigenvalue weighted by Crippen LogP contribution is -2.34. The molecule has 3 rings (SSSR count). The smallest absolute Gasteiger partial charge is 0.228 e. The standard InChI is InChI=1S/C18H24N4O.ClH/c1-13-10-17(20-18(23)15-8-5-9-16(19)11-15)22(21-13)12-14-6-3-2-4-7-14;/h2-4,6-7,10,15-16H,5,8-9,11-12,19H2,1H3,(H,20,23);1H. The Labute approximate surface area is 149 Å². The molecule has 2 unspecified atom stereocenters. The quantitative estimate of drug-likeness (QED) is 0.891. The second kappa shape index (κ2) is 8.31. The Bertz CT molecular complexity index is 671. The van der Waals surface area contributed by atoms with Crippen LogP contribution in [0.2, 0.25) is 0 Å². The summed E-state index contributed by atoms with van der Waals surface area (Å²) < 4.78 is 1.85. The molecule has 0 aliphatic heterocycles. The van der Waals surface area contributed by atoms with Crippen LogP contribution in [0.5, 0.6) is 0 Å². The van der Waals surface area contributed by atoms with Crippen molar-refractivity contribution in [3.8, 4) is 0 Å². The van der Waals surface area contributed by atoms with Gasteiger partial charge in [0.1, 0.15) is 5.82 Å². The fraction of sp³-hybridized carbons (Fsp3) is 0.444. The van der Waals surface area contributed by atoms with Crippen molar-refractivity contribution in [2.75, 3.05) is 5.32 Å². The van der Waals surface area contributed by atoms with E-state index in [1.54, 1.807) is 0 Å². The van der Waals surface area contributed by atoms with Gasteiger partial charge in [-0.2, -0.15) is 5.10 Å². The zero-order chi connectivity index (χ0) is 16.2. The number of benzene rings is 1. The zero-order valence-corrected chi connectivity index (χ0v) is 14.8. The van der Waals surface area contributed by atoms with Gasteiger partial charge in [-0.1, -0.05) is 36.8 Å². The van der Waals surface area contributed by atoms with Gasteiger partial charge in [-0.15, -0.1) is 12.4 Å². The van der Waals surface area contributed by atoms with Gasteiger partial charge < -0.3 is 11.1 Å². The first-order valence-corrected chi connectivity index (χ1v) is 8.26. The molecule has 1 aromatic heterocycles. The van der Waals surface area contributed by atoms with Crippen LogP contribution in [0.15, 0.2) is 36.4 Å². The van der Waals surface area contributed by atoms with E-state index in [0.29, 0.717) is 6.54 Å². The van der Waals surface area contributed by atoms with Crippen LogP contribution >= 0.6 is 12.4 Å². The minimum absolute atomic E-state index is 0. The number of nitrogens with two attached hydrogens (primary N) is 1. The third kappa shape index (κ3) is 4.58. The molecule has 24 heavy (non-hydrogen) atoms. The van der Waals surface area contributed by atoms with Crippen molar-refractivity contribution >= 4 is 24.1 Å². The van der Waals surface area contributed by atoms with E-state index in [9.17, 15) is 4.79 Å². The van der Waals surface area contributed by atoms with Crippen molar-refractivity contribution in [3.05, 3.63) is 47.7 Å². The van der Waals surface area contributed by atoms with Crippen LogP contribution in [-0.4, -0.2) is 21.7 Å². The first-order chi connectivity index (χ1) is 11.1. The number of aromatic nitrogens is 2. The van der Waals surface area contributed by atoms with Gasteiger partial charge in [0.05, 0.1) is 12.2 Å². The van der Waals surface area contributed by atoms with Gasteiger partial charge in [0, 0.05) is 18.0 Å². The molecule has 1 aromatic carbocycles. The van der Waals surface area contributed by atoms with Crippen LogP contribution in [0, 0.1) is 12.8 Å². The Morgan fingerprint density at radius 3 is 2.79 bits per heavy atom. The van der Waals surface area contributed by atoms with Crippen molar-refractivity contribution in [1.82, 2.24) is 9.78 Å². The Hall–Kier alpha value is -1.85. The average molecular weight is 349 g/mol. The first-order valence-electron chi connectivity index (χ1n) is 8.26. The number of rotatable bonds is 4. The summed E-state index contributed by atoms with van der Waals surface area (Å²) in [7, 11) is 0. The van der Waals surface area contributed by atoms with Crippen LogP contribution in [-0.2, 0) is 11.3 Å². The highest BCUT2D eigenvalue weighted by Crippen LogP contribution is 2.25. The molecule has 0 saturated heterocycles. The summed E-state index contributed by atoms with van der Waals surface area (Å²) in [6.07, 6.45) is 3.75. The van der Waals surface area contributed by atoms with Crippen LogP contribution < -0.4 is 11.1 Å². The van der Waals surface area contributed by atoms with Crippen molar-refractivity contribution in [1.29, 1.82) is 0 Å². The number of halogens is 1. The number of anilines is 1. The third-order valence-corrected chi connectivity index (χ3v) is 4.41. The number of amides is 1. The largest absolute Gasteiger partial charge is 0.328 e. The van der Waals surface area contributed by atoms with Gasteiger partial charge in [0.15, 0.2) is 0 Å². The molecule has 1 aliphatic rings. The highest BCUT2D eigenvalue weighted by molar-refractivity contribution is 5.91. The maximum atomic E-state index is 12.5. The molecule has 130 valence electrons. The van der Waals surface area contributed by atoms with E-state index in [2.05, 4.69) is 22.5 Å². The molecule has 3 N–H and O–H groups in total. The third-order valence-electron chi connectivity index (χ3n) is 4.41. The minimum Gasteiger partial charge on any atom is -0.328 e. The summed E-state index contributed by atoms with van der Waals surface area (Å²) in [5, 5.41) is 7.54. The van der Waals surface area contributed by atoms with E-state index in [1.807, 2.05) is 35.9 Å². The number of carbonyl (C=O) groups excluding carboxylic acids is 1. The second-order valence-corrected chi connectivity index (χ2v) is 6.43. The molecule has 2 aromatic rings. The molecule has 2 atom stereocenters. The fourth-order valence-electron chi connectivity index (χ4n) is 3.22. The number of hydrogen-bond acceptors (Lipinski definition) is 3. The zero-order valence-electron chi connectivity index (χ0n) is 13.9. The lowest BCUT2D eigenvalue weighted by atomic mass is 9.85. The number of nitrogens with one attached hydrogen (secondary N) is 1. The maximum absolute atomic E-state index is 12.5. The van der Waals surface area contributed by atoms with Crippen LogP contribution in [0.25, 0.3) is 0 Å². The maximum Gasteiger partial charge on any atom is 0.228 e. The predicted molar refractivity (Wildman–Crippen MR) is 98.3 cm³/mol. The predicted octanol–water partition coefficient (Wildman–Crippen LogP) is 3.12. The van der Waals surface area contributed by atoms with E-state index in [1.165, 1.54) is 0 Å². The van der Waals surface area contributed by atoms with Gasteiger partial charge in [0.2, 0.25) is 5.91 Å². The molecular weight excluding hydrogens is 324 g/mol. The fourth-order valence-corrected chi connectivity index (χ4v) is 3.22. The SMILES string of the molecule is Cc1cc(NC(=O)C2CCCC(N)C2)n(Cc2ccccc2)n1.Cl. The lowest BCUT2D eigenvalue weighted by molar-refractivity contribution is -0.120. The molecule has 1 heterocycles. The molecule has 5 nitrogen and oxygen atoms in total. The van der Waals surface area contributed by atoms with Crippen molar-refractivity contribution in [3.63, 3.8) is 0 Å². The first kappa shape index (κ1) is 18.5. The molecular formula is C18H25ClN4O. The van der Waals surface area contributed by atoms with Crippen LogP contribution in [0.4, 0.5) is 5.82 Å². The molecule has 1 amide bonds. The molecule has 0 radical (unpaired) electrons. The van der Waals surface area contributed by atoms with Crippen LogP contribution in [0.3, 0.4) is 0 Å². The molecule has 6 heteroatoms. The summed E-state index contributed by atoms with van der Waals surface area (Å²) in [5.41, 5.74) is 8.05. The Morgan fingerprint density at radius 1 is 1.33 bits per heavy atom. The highest BCUT2D eigenvalue weighted by Gasteiger charge is 2.26. The molecule has 1 fully saturated rings. The van der Waals surface area contributed by atoms with E-state index in [0.717, 1.165) is 42.8 Å². The van der Waals surface area contributed by atoms with Gasteiger partial charge in [-0.3, -0.25) is 4.79 Å². The molecule has 1 saturated carbocycles. The van der Waals surface area contributed by atoms with Gasteiger partial charge >= 0.3 is 0 Å². The summed E-state index contributed by atoms with van der Waals surface area (Å²) >= 11 is 0. The normalized spacial score (nSPS) is 20.2. The van der Waals surface area contributed by atoms with E-state index in [-0.39, 0.29) is 30.3 Å². The van der Waals surface area contributed by atoms with E-state index < -0.39 is 0 Å². The number of nitrogens with zero attached hydrogens (tertiary/aromatic N) is 2. The molecule has 0 bridgehead atoms. The monoisotopic (exact) mass is 348 g/mol. The lowest BCUT2D eigenvalue weighted by Gasteiger charge is -2.25. The van der Waals surface area contributed by atoms with Crippen molar-refractivity contribution in [2.45, 2.75) is 45.2 Å². The van der Waals surface area contributed by atoms with Gasteiger partial charge in [-0.25, -0.2) is 4.68 Å². The summed E-state index contributed by atoms with van der Waals surface area (Å²) in [5.74, 6) is 0.837. The van der Waals surface area contributed by atoms with Gasteiger partial charge in [-0.05, 0) is 31.7 Å². The Morgan fingerprint density at radius 2 is 2.08 bits per heavy atom. The van der Waals surface area contributed by atoms with Gasteiger partial charge in [0.25, 0.3) is 0 Å². The summed E-state index contributed by atoms with van der Waals surface area (Å²) in [6, 6.07) is 12.2. The summed E-state index contributed by atoms with van der Waals surface area (Å²) in [4.78, 5) is 12.5. The van der Waals surface area contributed by atoms with Crippen molar-refractivity contribution < 1.29 is 4.79 Å². The molecule has 0 spiro atoms. The minimum atomic E-state index is 0. The highest BCUT2D eigenvalue weighted by atomic mass is 35.5. The average Bonchev–Trinajstić information content (AvgIpc) is 2.87. The molecule has 1 aliphatic carbocycles. The second-order valence-electron chi connectivity index (χ2n) is 6.43. The number of carbonyl (C=O) groups is 1. The Kier molecular flexibility index (Phi) is 6.40. The Balaban J connectivity index is 0.00000208. The summed E-state index contributed by atoms with van der Waals surface area (Å²) in [6.45, 7) is 2.59. The van der Waals surface area contributed by atoms with Crippen LogP contribution in [0.1, 0.15) is 36.9 Å². The number of hydrogen-bond donors (Lipinski definition) is 2.